The summed E-state index contributed by atoms with van der Waals surface area (Å²) in [5, 5.41) is 10.8. The molecule has 0 bridgehead atoms. The van der Waals surface area contributed by atoms with E-state index in [0.29, 0.717) is 0 Å². The minimum atomic E-state index is -6.09. The number of rotatable bonds is 1. The van der Waals surface area contributed by atoms with Crippen LogP contribution in [0, 0.1) is 0 Å². The molecular weight excluding hydrogens is 451 g/mol. The van der Waals surface area contributed by atoms with Crippen LogP contribution in [0.3, 0.4) is 0 Å². The molecule has 0 aliphatic heterocycles. The summed E-state index contributed by atoms with van der Waals surface area (Å²) < 4.78 is 118. The quantitative estimate of drug-likeness (QED) is 0.256. The van der Waals surface area contributed by atoms with Crippen molar-refractivity contribution in [2.75, 3.05) is 19.0 Å². The van der Waals surface area contributed by atoms with Crippen LogP contribution in [0.25, 0.3) is 0 Å². The largest absolute Gasteiger partial charge is 3.00 e. The van der Waals surface area contributed by atoms with Crippen LogP contribution in [-0.2, 0) is 20.2 Å². The average molecular weight is 461 g/mol. The summed E-state index contributed by atoms with van der Waals surface area (Å²) >= 11 is 0. The van der Waals surface area contributed by atoms with Crippen LogP contribution in [0.4, 0.5) is 32.0 Å². The van der Waals surface area contributed by atoms with Crippen LogP contribution in [0.2, 0.25) is 0 Å². The zero-order chi connectivity index (χ0) is 21.6. The number of alkyl halides is 6. The van der Waals surface area contributed by atoms with Gasteiger partial charge in [-0.15, -0.1) is 5.75 Å². The third kappa shape index (κ3) is 13.5. The molecule has 0 unspecified atom stereocenters. The van der Waals surface area contributed by atoms with E-state index >= 15 is 0 Å². The molecule has 0 heterocycles. The van der Waals surface area contributed by atoms with E-state index in [1.54, 1.807) is 18.2 Å². The maximum atomic E-state index is 10.8. The van der Waals surface area contributed by atoms with E-state index in [-0.39, 0.29) is 23.1 Å². The molecule has 0 saturated carbocycles. The van der Waals surface area contributed by atoms with Crippen molar-refractivity contribution in [3.8, 4) is 5.75 Å². The first-order chi connectivity index (χ1) is 11.2. The number of hydrogen-bond donors (Lipinski definition) is 0. The van der Waals surface area contributed by atoms with Gasteiger partial charge < -0.3 is 19.1 Å². The standard InChI is InChI=1S/C8H11NO.2CHF3O3S.Al/c1-9(2)7-4-3-5-8(10)6-7;2*2-1(3,4)8(5,6)7;/h3-6,10H,1-2H3;2*(H,5,6,7);/q;;;+3/p-3. The topological polar surface area (TPSA) is 141 Å². The Balaban J connectivity index is -0.000000318. The molecule has 8 nitrogen and oxygen atoms in total. The second-order valence-electron chi connectivity index (χ2n) is 4.19. The van der Waals surface area contributed by atoms with Gasteiger partial charge in [0.15, 0.2) is 20.2 Å². The monoisotopic (exact) mass is 461 g/mol. The van der Waals surface area contributed by atoms with E-state index in [0.717, 1.165) is 5.69 Å². The predicted molar refractivity (Wildman–Crippen MR) is 77.5 cm³/mol. The number of benzene rings is 1. The molecular formula is C10H10AlF6NO7S2. The third-order valence-electron chi connectivity index (χ3n) is 1.90. The molecule has 0 spiro atoms. The Labute approximate surface area is 161 Å². The summed E-state index contributed by atoms with van der Waals surface area (Å²) in [6, 6.07) is 6.83. The van der Waals surface area contributed by atoms with E-state index in [9.17, 15) is 31.4 Å². The Bertz CT molecular complexity index is 736. The van der Waals surface area contributed by atoms with Crippen molar-refractivity contribution >= 4 is 43.3 Å². The molecule has 154 valence electrons. The molecule has 17 heteroatoms. The molecule has 0 aromatic heterocycles. The maximum Gasteiger partial charge on any atom is 3.00 e. The number of anilines is 1. The third-order valence-corrected chi connectivity index (χ3v) is 3.03. The Kier molecular flexibility index (Phi) is 12.3. The van der Waals surface area contributed by atoms with Gasteiger partial charge in [0.25, 0.3) is 0 Å². The first kappa shape index (κ1) is 30.5. The average Bonchev–Trinajstić information content (AvgIpc) is 2.35. The summed E-state index contributed by atoms with van der Waals surface area (Å²) in [6.07, 6.45) is 0. The molecule has 0 aliphatic rings. The summed E-state index contributed by atoms with van der Waals surface area (Å²) in [4.78, 5) is 1.90. The zero-order valence-electron chi connectivity index (χ0n) is 13.3. The Morgan fingerprint density at radius 2 is 1.15 bits per heavy atom. The van der Waals surface area contributed by atoms with Crippen molar-refractivity contribution in [1.82, 2.24) is 0 Å². The molecule has 0 saturated heterocycles. The second-order valence-corrected chi connectivity index (χ2v) is 6.93. The van der Waals surface area contributed by atoms with E-state index < -0.39 is 31.3 Å². The smallest absolute Gasteiger partial charge is 0.872 e. The fourth-order valence-corrected chi connectivity index (χ4v) is 0.762. The SMILES string of the molecule is CN(C)c1cccc([O-])c1.O=S(=O)([O-])C(F)(F)F.O=S(=O)([O-])C(F)(F)F.[Al+3]. The molecule has 0 N–H and O–H groups in total. The first-order valence-corrected chi connectivity index (χ1v) is 8.50. The van der Waals surface area contributed by atoms with Crippen LogP contribution in [0.5, 0.6) is 5.75 Å². The zero-order valence-corrected chi connectivity index (χ0v) is 16.1. The Morgan fingerprint density at radius 3 is 1.30 bits per heavy atom. The number of nitrogens with zero attached hydrogens (tertiary/aromatic N) is 1. The van der Waals surface area contributed by atoms with Crippen LogP contribution in [0.1, 0.15) is 0 Å². The minimum absolute atomic E-state index is 0. The van der Waals surface area contributed by atoms with Crippen molar-refractivity contribution in [2.45, 2.75) is 11.0 Å². The second kappa shape index (κ2) is 10.9. The molecule has 1 aromatic rings. The summed E-state index contributed by atoms with van der Waals surface area (Å²) in [5.41, 5.74) is -10.3. The molecule has 0 aliphatic carbocycles. The number of halogens is 6. The van der Waals surface area contributed by atoms with Gasteiger partial charge >= 0.3 is 28.4 Å². The number of hydrogen-bond acceptors (Lipinski definition) is 8. The molecule has 1 aromatic carbocycles. The van der Waals surface area contributed by atoms with E-state index in [2.05, 4.69) is 0 Å². The van der Waals surface area contributed by atoms with Crippen LogP contribution in [0.15, 0.2) is 24.3 Å². The van der Waals surface area contributed by atoms with Crippen molar-refractivity contribution in [3.63, 3.8) is 0 Å². The predicted octanol–water partition coefficient (Wildman–Crippen LogP) is 0.548. The van der Waals surface area contributed by atoms with Gasteiger partial charge in [0.05, 0.1) is 0 Å². The van der Waals surface area contributed by atoms with Gasteiger partial charge in [-0.05, 0) is 12.1 Å². The Hall–Kier alpha value is -1.25. The van der Waals surface area contributed by atoms with E-state index in [4.69, 9.17) is 25.9 Å². The van der Waals surface area contributed by atoms with Crippen LogP contribution >= 0.6 is 0 Å². The maximum absolute atomic E-state index is 10.8. The van der Waals surface area contributed by atoms with E-state index in [1.807, 2.05) is 25.1 Å². The summed E-state index contributed by atoms with van der Waals surface area (Å²) in [5.74, 6) is 0.0613. The summed E-state index contributed by atoms with van der Waals surface area (Å²) in [7, 11) is -8.36. The van der Waals surface area contributed by atoms with Gasteiger partial charge in [-0.3, -0.25) is 0 Å². The van der Waals surface area contributed by atoms with Gasteiger partial charge in [-0.1, -0.05) is 12.1 Å². The first-order valence-electron chi connectivity index (χ1n) is 5.69. The van der Waals surface area contributed by atoms with Crippen molar-refractivity contribution in [1.29, 1.82) is 0 Å². The van der Waals surface area contributed by atoms with Crippen molar-refractivity contribution in [2.24, 2.45) is 0 Å². The molecule has 0 radical (unpaired) electrons. The molecule has 27 heavy (non-hydrogen) atoms. The van der Waals surface area contributed by atoms with Crippen molar-refractivity contribution in [3.05, 3.63) is 24.3 Å². The fraction of sp³-hybridized carbons (Fsp3) is 0.400. The molecule has 0 fully saturated rings. The summed E-state index contributed by atoms with van der Waals surface area (Å²) in [6.45, 7) is 0. The fourth-order valence-electron chi connectivity index (χ4n) is 0.762. The van der Waals surface area contributed by atoms with Gasteiger partial charge in [0, 0.05) is 19.8 Å². The van der Waals surface area contributed by atoms with Crippen LogP contribution < -0.4 is 10.0 Å². The van der Waals surface area contributed by atoms with Crippen molar-refractivity contribution < 1.29 is 57.4 Å². The van der Waals surface area contributed by atoms with E-state index in [1.165, 1.54) is 0 Å². The Morgan fingerprint density at radius 1 is 0.852 bits per heavy atom. The van der Waals surface area contributed by atoms with Gasteiger partial charge in [0.2, 0.25) is 0 Å². The van der Waals surface area contributed by atoms with Gasteiger partial charge in [-0.25, -0.2) is 16.8 Å². The van der Waals surface area contributed by atoms with Gasteiger partial charge in [-0.2, -0.15) is 26.3 Å². The van der Waals surface area contributed by atoms with Crippen LogP contribution in [-0.4, -0.2) is 68.4 Å². The molecule has 0 atom stereocenters. The van der Waals surface area contributed by atoms with Gasteiger partial charge in [0.1, 0.15) is 0 Å². The normalized spacial score (nSPS) is 11.8. The molecule has 1 rings (SSSR count). The minimum Gasteiger partial charge on any atom is -0.872 e. The molecule has 0 amide bonds.